The third-order valence-corrected chi connectivity index (χ3v) is 3.91. The zero-order chi connectivity index (χ0) is 15.3. The number of rotatable bonds is 2. The molecule has 0 spiro atoms. The highest BCUT2D eigenvalue weighted by Gasteiger charge is 2.42. The van der Waals surface area contributed by atoms with Crippen LogP contribution in [0.15, 0.2) is 34.4 Å². The van der Waals surface area contributed by atoms with Gasteiger partial charge in [0.05, 0.1) is 5.57 Å². The van der Waals surface area contributed by atoms with E-state index in [-0.39, 0.29) is 29.4 Å². The van der Waals surface area contributed by atoms with Crippen molar-refractivity contribution >= 4 is 23.6 Å². The number of likely N-dealkylation sites (tertiary alicyclic amines) is 1. The third-order valence-electron chi connectivity index (χ3n) is 3.91. The van der Waals surface area contributed by atoms with Crippen molar-refractivity contribution in [2.75, 3.05) is 13.6 Å². The first-order valence-electron chi connectivity index (χ1n) is 6.81. The number of hydrogen-bond acceptors (Lipinski definition) is 4. The molecule has 0 N–H and O–H groups in total. The van der Waals surface area contributed by atoms with Crippen LogP contribution in [0.5, 0.6) is 0 Å². The van der Waals surface area contributed by atoms with Crippen molar-refractivity contribution in [1.29, 1.82) is 0 Å². The molecule has 6 nitrogen and oxygen atoms in total. The minimum atomic E-state index is -0.425. The van der Waals surface area contributed by atoms with Gasteiger partial charge in [0, 0.05) is 30.3 Å². The van der Waals surface area contributed by atoms with Gasteiger partial charge < -0.3 is 0 Å². The molecule has 1 aliphatic carbocycles. The van der Waals surface area contributed by atoms with Crippen molar-refractivity contribution in [2.24, 2.45) is 0 Å². The number of nitrogens with zero attached hydrogens (tertiary/aromatic N) is 2. The van der Waals surface area contributed by atoms with Gasteiger partial charge in [-0.25, -0.2) is 0 Å². The Balaban J connectivity index is 2.09. The van der Waals surface area contributed by atoms with E-state index in [0.29, 0.717) is 24.1 Å². The summed E-state index contributed by atoms with van der Waals surface area (Å²) in [5.41, 5.74) is 1.09. The fraction of sp³-hybridized carbons (Fsp3) is 0.333. The van der Waals surface area contributed by atoms with E-state index in [4.69, 9.17) is 0 Å². The Morgan fingerprint density at radius 2 is 1.67 bits per heavy atom. The van der Waals surface area contributed by atoms with Gasteiger partial charge in [-0.2, -0.15) is 0 Å². The van der Waals surface area contributed by atoms with Crippen molar-refractivity contribution < 1.29 is 19.2 Å². The van der Waals surface area contributed by atoms with E-state index in [2.05, 4.69) is 0 Å². The maximum Gasteiger partial charge on any atom is 0.261 e. The second kappa shape index (κ2) is 4.51. The third kappa shape index (κ3) is 1.72. The highest BCUT2D eigenvalue weighted by molar-refractivity contribution is 6.27. The summed E-state index contributed by atoms with van der Waals surface area (Å²) in [6.45, 7) is 2.23. The number of allylic oxidation sites excluding steroid dienone is 1. The minimum absolute atomic E-state index is 0.193. The Bertz CT molecular complexity index is 696. The molecule has 0 aromatic rings. The lowest BCUT2D eigenvalue weighted by Gasteiger charge is -2.10. The predicted octanol–water partition coefficient (Wildman–Crippen LogP) is 0.317. The van der Waals surface area contributed by atoms with Gasteiger partial charge in [-0.3, -0.25) is 29.0 Å². The highest BCUT2D eigenvalue weighted by Crippen LogP contribution is 2.34. The summed E-state index contributed by atoms with van der Waals surface area (Å²) in [6, 6.07) is 0. The quantitative estimate of drug-likeness (QED) is 0.685. The summed E-state index contributed by atoms with van der Waals surface area (Å²) in [5, 5.41) is 0. The van der Waals surface area contributed by atoms with Gasteiger partial charge in [-0.05, 0) is 18.9 Å². The molecule has 21 heavy (non-hydrogen) atoms. The van der Waals surface area contributed by atoms with E-state index < -0.39 is 11.8 Å². The molecule has 3 rings (SSSR count). The van der Waals surface area contributed by atoms with E-state index >= 15 is 0 Å². The molecular formula is C15H14N2O4. The number of amides is 4. The molecule has 1 saturated heterocycles. The molecule has 0 saturated carbocycles. The van der Waals surface area contributed by atoms with Crippen molar-refractivity contribution in [2.45, 2.75) is 19.8 Å². The number of imide groups is 2. The van der Waals surface area contributed by atoms with Gasteiger partial charge in [0.1, 0.15) is 0 Å². The second-order valence-corrected chi connectivity index (χ2v) is 5.20. The standard InChI is InChI=1S/C15H14N2O4/c1-3-6-17-14(20)9-5-4-8-10(7-11(9)15(17)21)13(19)16(2)12(8)18/h5,7H,3-4,6H2,1-2H3. The van der Waals surface area contributed by atoms with Crippen LogP contribution in [0, 0.1) is 0 Å². The maximum absolute atomic E-state index is 12.3. The first-order chi connectivity index (χ1) is 9.97. The molecule has 1 fully saturated rings. The fourth-order valence-electron chi connectivity index (χ4n) is 2.79. The lowest BCUT2D eigenvalue weighted by atomic mass is 10.1. The lowest BCUT2D eigenvalue weighted by Crippen LogP contribution is -2.30. The topological polar surface area (TPSA) is 74.8 Å². The molecule has 4 amide bonds. The molecule has 0 unspecified atom stereocenters. The summed E-state index contributed by atoms with van der Waals surface area (Å²) in [5.74, 6) is -1.53. The molecule has 2 heterocycles. The number of likely N-dealkylation sites (N-methyl/N-ethyl adjacent to an activating group) is 1. The minimum Gasteiger partial charge on any atom is -0.278 e. The van der Waals surface area contributed by atoms with Crippen LogP contribution in [-0.4, -0.2) is 47.0 Å². The Labute approximate surface area is 121 Å². The SMILES string of the molecule is CCCN1C(=O)C2=CCC3=C(C=C2C1=O)C(=O)N(C)C3=O. The van der Waals surface area contributed by atoms with E-state index in [0.717, 1.165) is 4.90 Å². The Hall–Kier alpha value is -2.50. The van der Waals surface area contributed by atoms with Crippen molar-refractivity contribution in [3.05, 3.63) is 34.4 Å². The van der Waals surface area contributed by atoms with Crippen molar-refractivity contribution in [1.82, 2.24) is 9.80 Å². The van der Waals surface area contributed by atoms with Crippen LogP contribution in [0.3, 0.4) is 0 Å². The monoisotopic (exact) mass is 286 g/mol. The van der Waals surface area contributed by atoms with Gasteiger partial charge >= 0.3 is 0 Å². The molecule has 2 aliphatic heterocycles. The maximum atomic E-state index is 12.3. The zero-order valence-corrected chi connectivity index (χ0v) is 11.8. The first kappa shape index (κ1) is 13.5. The van der Waals surface area contributed by atoms with E-state index in [1.54, 1.807) is 6.08 Å². The predicted molar refractivity (Wildman–Crippen MR) is 72.6 cm³/mol. The van der Waals surface area contributed by atoms with E-state index in [1.165, 1.54) is 18.0 Å². The summed E-state index contributed by atoms with van der Waals surface area (Å²) in [6.07, 6.45) is 3.84. The molecule has 0 aromatic heterocycles. The average molecular weight is 286 g/mol. The van der Waals surface area contributed by atoms with Gasteiger partial charge in [-0.15, -0.1) is 0 Å². The van der Waals surface area contributed by atoms with Crippen LogP contribution < -0.4 is 0 Å². The Morgan fingerprint density at radius 3 is 2.33 bits per heavy atom. The largest absolute Gasteiger partial charge is 0.278 e. The average Bonchev–Trinajstić information content (AvgIpc) is 2.74. The van der Waals surface area contributed by atoms with Crippen LogP contribution in [0.25, 0.3) is 0 Å². The molecule has 0 radical (unpaired) electrons. The van der Waals surface area contributed by atoms with E-state index in [1.807, 2.05) is 6.92 Å². The molecule has 0 aromatic carbocycles. The van der Waals surface area contributed by atoms with Gasteiger partial charge in [-0.1, -0.05) is 13.0 Å². The number of carbonyl (C=O) groups excluding carboxylic acids is 4. The number of hydrogen-bond donors (Lipinski definition) is 0. The first-order valence-corrected chi connectivity index (χ1v) is 6.81. The van der Waals surface area contributed by atoms with Crippen molar-refractivity contribution in [3.63, 3.8) is 0 Å². The summed E-state index contributed by atoms with van der Waals surface area (Å²) < 4.78 is 0. The fourth-order valence-corrected chi connectivity index (χ4v) is 2.79. The molecule has 108 valence electrons. The normalized spacial score (nSPS) is 21.6. The molecule has 6 heteroatoms. The molecule has 0 atom stereocenters. The van der Waals surface area contributed by atoms with Crippen LogP contribution in [0.2, 0.25) is 0 Å². The number of fused-ring (bicyclic) bond motifs is 1. The van der Waals surface area contributed by atoms with E-state index in [9.17, 15) is 19.2 Å². The van der Waals surface area contributed by atoms with Crippen LogP contribution in [-0.2, 0) is 19.2 Å². The molecular weight excluding hydrogens is 272 g/mol. The van der Waals surface area contributed by atoms with Crippen LogP contribution >= 0.6 is 0 Å². The smallest absolute Gasteiger partial charge is 0.261 e. The highest BCUT2D eigenvalue weighted by atomic mass is 16.2. The summed E-state index contributed by atoms with van der Waals surface area (Å²) >= 11 is 0. The van der Waals surface area contributed by atoms with Crippen molar-refractivity contribution in [3.8, 4) is 0 Å². The summed E-state index contributed by atoms with van der Waals surface area (Å²) in [7, 11) is 1.41. The number of carbonyl (C=O) groups is 4. The van der Waals surface area contributed by atoms with Gasteiger partial charge in [0.25, 0.3) is 23.6 Å². The zero-order valence-electron chi connectivity index (χ0n) is 11.8. The second-order valence-electron chi connectivity index (χ2n) is 5.20. The Morgan fingerprint density at radius 1 is 1.00 bits per heavy atom. The lowest BCUT2D eigenvalue weighted by molar-refractivity contribution is -0.137. The summed E-state index contributed by atoms with van der Waals surface area (Å²) in [4.78, 5) is 50.8. The Kier molecular flexibility index (Phi) is 2.90. The molecule has 3 aliphatic rings. The van der Waals surface area contributed by atoms with Gasteiger partial charge in [0.15, 0.2) is 0 Å². The molecule has 0 bridgehead atoms. The van der Waals surface area contributed by atoms with Crippen LogP contribution in [0.1, 0.15) is 19.8 Å². The van der Waals surface area contributed by atoms with Crippen LogP contribution in [0.4, 0.5) is 0 Å². The van der Waals surface area contributed by atoms with Gasteiger partial charge in [0.2, 0.25) is 0 Å².